The Morgan fingerprint density at radius 3 is 2.75 bits per heavy atom. The van der Waals surface area contributed by atoms with E-state index in [-0.39, 0.29) is 17.9 Å². The van der Waals surface area contributed by atoms with E-state index in [1.807, 2.05) is 13.8 Å². The molecule has 2 amide bonds. The third kappa shape index (κ3) is 2.97. The van der Waals surface area contributed by atoms with Gasteiger partial charge in [0.15, 0.2) is 0 Å². The van der Waals surface area contributed by atoms with Gasteiger partial charge in [-0.3, -0.25) is 4.79 Å². The highest BCUT2D eigenvalue weighted by Gasteiger charge is 2.38. The fourth-order valence-corrected chi connectivity index (χ4v) is 1.86. The quantitative estimate of drug-likeness (QED) is 0.678. The maximum Gasteiger partial charge on any atom is 0.416 e. The second kappa shape index (κ2) is 5.87. The summed E-state index contributed by atoms with van der Waals surface area (Å²) < 4.78 is 4.93. The van der Waals surface area contributed by atoms with Crippen LogP contribution in [0.25, 0.3) is 0 Å². The summed E-state index contributed by atoms with van der Waals surface area (Å²) in [5, 5.41) is 0. The smallest absolute Gasteiger partial charge is 0.416 e. The van der Waals surface area contributed by atoms with Crippen molar-refractivity contribution in [3.05, 3.63) is 0 Å². The molecule has 0 saturated carbocycles. The Bertz CT molecular complexity index is 263. The van der Waals surface area contributed by atoms with Gasteiger partial charge in [0.05, 0.1) is 6.04 Å². The van der Waals surface area contributed by atoms with Crippen LogP contribution >= 0.6 is 0 Å². The van der Waals surface area contributed by atoms with Crippen molar-refractivity contribution in [2.45, 2.75) is 52.5 Å². The molecule has 1 fully saturated rings. The topological polar surface area (TPSA) is 46.6 Å². The molecule has 0 aromatic carbocycles. The highest BCUT2D eigenvalue weighted by molar-refractivity contribution is 5.93. The molecular weight excluding hydrogens is 206 g/mol. The van der Waals surface area contributed by atoms with Gasteiger partial charge < -0.3 is 4.74 Å². The molecule has 92 valence electrons. The van der Waals surface area contributed by atoms with Gasteiger partial charge in [0.1, 0.15) is 6.61 Å². The number of amides is 2. The Balaban J connectivity index is 2.54. The zero-order chi connectivity index (χ0) is 12.1. The molecule has 0 spiro atoms. The first-order valence-corrected chi connectivity index (χ1v) is 6.06. The molecule has 4 heteroatoms. The van der Waals surface area contributed by atoms with Crippen molar-refractivity contribution in [3.63, 3.8) is 0 Å². The van der Waals surface area contributed by atoms with Gasteiger partial charge in [-0.25, -0.2) is 9.69 Å². The summed E-state index contributed by atoms with van der Waals surface area (Å²) in [6.07, 6.45) is 2.93. The number of cyclic esters (lactones) is 1. The lowest BCUT2D eigenvalue weighted by Gasteiger charge is -2.22. The predicted octanol–water partition coefficient (Wildman–Crippen LogP) is 2.57. The SMILES string of the molecule is CCCCCC(=O)N1C(=O)OCC1C(C)C. The number of carbonyl (C=O) groups excluding carboxylic acids is 2. The average Bonchev–Trinajstić information content (AvgIpc) is 2.60. The summed E-state index contributed by atoms with van der Waals surface area (Å²) >= 11 is 0. The molecular formula is C12H21NO3. The van der Waals surface area contributed by atoms with E-state index in [4.69, 9.17) is 4.74 Å². The Hall–Kier alpha value is -1.06. The number of imide groups is 1. The van der Waals surface area contributed by atoms with E-state index < -0.39 is 6.09 Å². The van der Waals surface area contributed by atoms with Crippen LogP contribution in [-0.2, 0) is 9.53 Å². The van der Waals surface area contributed by atoms with E-state index in [0.29, 0.717) is 13.0 Å². The second-order valence-corrected chi connectivity index (χ2v) is 4.61. The monoisotopic (exact) mass is 227 g/mol. The van der Waals surface area contributed by atoms with Crippen LogP contribution < -0.4 is 0 Å². The maximum absolute atomic E-state index is 11.9. The van der Waals surface area contributed by atoms with Gasteiger partial charge in [-0.1, -0.05) is 33.6 Å². The van der Waals surface area contributed by atoms with Crippen molar-refractivity contribution in [3.8, 4) is 0 Å². The van der Waals surface area contributed by atoms with E-state index in [9.17, 15) is 9.59 Å². The number of ether oxygens (including phenoxy) is 1. The molecule has 4 nitrogen and oxygen atoms in total. The van der Waals surface area contributed by atoms with Crippen molar-refractivity contribution in [1.29, 1.82) is 0 Å². The van der Waals surface area contributed by atoms with Crippen LogP contribution in [0.15, 0.2) is 0 Å². The van der Waals surface area contributed by atoms with Crippen LogP contribution in [0.3, 0.4) is 0 Å². The van der Waals surface area contributed by atoms with E-state index in [0.717, 1.165) is 19.3 Å². The van der Waals surface area contributed by atoms with Gasteiger partial charge in [-0.2, -0.15) is 0 Å². The van der Waals surface area contributed by atoms with Crippen LogP contribution in [-0.4, -0.2) is 29.5 Å². The van der Waals surface area contributed by atoms with E-state index >= 15 is 0 Å². The van der Waals surface area contributed by atoms with Crippen LogP contribution in [0.1, 0.15) is 46.5 Å². The van der Waals surface area contributed by atoms with Gasteiger partial charge in [-0.15, -0.1) is 0 Å². The number of unbranched alkanes of at least 4 members (excludes halogenated alkanes) is 2. The standard InChI is InChI=1S/C12H21NO3/c1-4-5-6-7-11(14)13-10(9(2)3)8-16-12(13)15/h9-10H,4-8H2,1-3H3. The van der Waals surface area contributed by atoms with Gasteiger partial charge in [-0.05, 0) is 12.3 Å². The number of hydrogen-bond acceptors (Lipinski definition) is 3. The zero-order valence-electron chi connectivity index (χ0n) is 10.4. The molecule has 0 N–H and O–H groups in total. The molecule has 0 bridgehead atoms. The summed E-state index contributed by atoms with van der Waals surface area (Å²) in [4.78, 5) is 24.6. The summed E-state index contributed by atoms with van der Waals surface area (Å²) in [7, 11) is 0. The normalized spacial score (nSPS) is 20.4. The fraction of sp³-hybridized carbons (Fsp3) is 0.833. The Labute approximate surface area is 96.9 Å². The van der Waals surface area contributed by atoms with Crippen LogP contribution in [0.5, 0.6) is 0 Å². The first-order valence-electron chi connectivity index (χ1n) is 6.06. The van der Waals surface area contributed by atoms with Crippen LogP contribution in [0, 0.1) is 5.92 Å². The van der Waals surface area contributed by atoms with E-state index in [1.165, 1.54) is 4.90 Å². The largest absolute Gasteiger partial charge is 0.447 e. The fourth-order valence-electron chi connectivity index (χ4n) is 1.86. The first-order chi connectivity index (χ1) is 7.57. The minimum atomic E-state index is -0.472. The van der Waals surface area contributed by atoms with Crippen LogP contribution in [0.2, 0.25) is 0 Å². The maximum atomic E-state index is 11.9. The Morgan fingerprint density at radius 2 is 2.19 bits per heavy atom. The Kier molecular flexibility index (Phi) is 4.77. The summed E-state index contributed by atoms with van der Waals surface area (Å²) in [6, 6.07) is -0.0818. The highest BCUT2D eigenvalue weighted by atomic mass is 16.6. The molecule has 0 aromatic rings. The predicted molar refractivity (Wildman–Crippen MR) is 61.0 cm³/mol. The van der Waals surface area contributed by atoms with Crippen molar-refractivity contribution in [1.82, 2.24) is 4.90 Å². The van der Waals surface area contributed by atoms with Gasteiger partial charge in [0.25, 0.3) is 0 Å². The van der Waals surface area contributed by atoms with Crippen molar-refractivity contribution < 1.29 is 14.3 Å². The summed E-state index contributed by atoms with van der Waals surface area (Å²) in [5.74, 6) is 0.163. The minimum absolute atomic E-state index is 0.0818. The van der Waals surface area contributed by atoms with E-state index in [2.05, 4.69) is 6.92 Å². The molecule has 1 aliphatic rings. The molecule has 1 aliphatic heterocycles. The van der Waals surface area contributed by atoms with Gasteiger partial charge >= 0.3 is 6.09 Å². The highest BCUT2D eigenvalue weighted by Crippen LogP contribution is 2.21. The van der Waals surface area contributed by atoms with Gasteiger partial charge in [0.2, 0.25) is 5.91 Å². The lowest BCUT2D eigenvalue weighted by molar-refractivity contribution is -0.129. The van der Waals surface area contributed by atoms with E-state index in [1.54, 1.807) is 0 Å². The molecule has 1 unspecified atom stereocenters. The Morgan fingerprint density at radius 1 is 1.50 bits per heavy atom. The average molecular weight is 227 g/mol. The molecule has 1 atom stereocenters. The molecule has 1 rings (SSSR count). The van der Waals surface area contributed by atoms with Crippen molar-refractivity contribution in [2.24, 2.45) is 5.92 Å². The van der Waals surface area contributed by atoms with Crippen molar-refractivity contribution in [2.75, 3.05) is 6.61 Å². The molecule has 0 radical (unpaired) electrons. The summed E-state index contributed by atoms with van der Waals surface area (Å²) in [6.45, 7) is 6.43. The molecule has 0 aromatic heterocycles. The summed E-state index contributed by atoms with van der Waals surface area (Å²) in [5.41, 5.74) is 0. The molecule has 1 heterocycles. The number of rotatable bonds is 5. The lowest BCUT2D eigenvalue weighted by Crippen LogP contribution is -2.41. The zero-order valence-corrected chi connectivity index (χ0v) is 10.4. The minimum Gasteiger partial charge on any atom is -0.447 e. The third-order valence-corrected chi connectivity index (χ3v) is 2.94. The first kappa shape index (κ1) is 13.0. The molecule has 0 aliphatic carbocycles. The third-order valence-electron chi connectivity index (χ3n) is 2.94. The van der Waals surface area contributed by atoms with Crippen molar-refractivity contribution >= 4 is 12.0 Å². The number of nitrogens with zero attached hydrogens (tertiary/aromatic N) is 1. The van der Waals surface area contributed by atoms with Crippen LogP contribution in [0.4, 0.5) is 4.79 Å². The molecule has 1 saturated heterocycles. The molecule has 16 heavy (non-hydrogen) atoms. The number of hydrogen-bond donors (Lipinski definition) is 0. The lowest BCUT2D eigenvalue weighted by atomic mass is 10.0. The second-order valence-electron chi connectivity index (χ2n) is 4.61. The van der Waals surface area contributed by atoms with Gasteiger partial charge in [0, 0.05) is 6.42 Å². The number of carbonyl (C=O) groups is 2.